The summed E-state index contributed by atoms with van der Waals surface area (Å²) in [6, 6.07) is 13.0. The first kappa shape index (κ1) is 14.6. The van der Waals surface area contributed by atoms with Gasteiger partial charge < -0.3 is 5.11 Å². The molecule has 0 aliphatic heterocycles. The van der Waals surface area contributed by atoms with Crippen molar-refractivity contribution in [1.82, 2.24) is 0 Å². The fraction of sp³-hybridized carbons (Fsp3) is 0. The number of hydrogen-bond donors (Lipinski definition) is 2. The van der Waals surface area contributed by atoms with E-state index >= 15 is 0 Å². The highest BCUT2D eigenvalue weighted by atomic mass is 32.2. The maximum atomic E-state index is 12.2. The first-order valence-electron chi connectivity index (χ1n) is 5.79. The van der Waals surface area contributed by atoms with Gasteiger partial charge in [0.15, 0.2) is 0 Å². The largest absolute Gasteiger partial charge is 0.478 e. The van der Waals surface area contributed by atoms with E-state index in [0.717, 1.165) is 0 Å². The summed E-state index contributed by atoms with van der Waals surface area (Å²) in [5, 5.41) is 17.7. The van der Waals surface area contributed by atoms with E-state index in [2.05, 4.69) is 4.72 Å². The van der Waals surface area contributed by atoms with Crippen LogP contribution in [0.25, 0.3) is 0 Å². The second kappa shape index (κ2) is 5.64. The quantitative estimate of drug-likeness (QED) is 0.898. The number of carboxylic acids is 1. The van der Waals surface area contributed by atoms with Crippen LogP contribution in [0.15, 0.2) is 53.4 Å². The summed E-state index contributed by atoms with van der Waals surface area (Å²) in [5.41, 5.74) is 0.330. The standard InChI is InChI=1S/C14H10N2O4S/c15-9-10-5-7-11(8-6-10)16-21(19,20)13-4-2-1-3-12(13)14(17)18/h1-8,16H,(H,17,18). The summed E-state index contributed by atoms with van der Waals surface area (Å²) >= 11 is 0. The number of carbonyl (C=O) groups is 1. The van der Waals surface area contributed by atoms with Gasteiger partial charge in [-0.05, 0) is 36.4 Å². The molecule has 6 nitrogen and oxygen atoms in total. The van der Waals surface area contributed by atoms with E-state index in [9.17, 15) is 13.2 Å². The molecule has 2 N–H and O–H groups in total. The third-order valence-corrected chi connectivity index (χ3v) is 4.11. The summed E-state index contributed by atoms with van der Waals surface area (Å²) in [7, 11) is -4.02. The summed E-state index contributed by atoms with van der Waals surface area (Å²) in [5.74, 6) is -1.32. The molecule has 0 aliphatic carbocycles. The van der Waals surface area contributed by atoms with E-state index in [1.54, 1.807) is 0 Å². The van der Waals surface area contributed by atoms with Crippen LogP contribution in [-0.2, 0) is 10.0 Å². The molecular weight excluding hydrogens is 292 g/mol. The molecule has 0 aromatic heterocycles. The van der Waals surface area contributed by atoms with Crippen LogP contribution >= 0.6 is 0 Å². The first-order valence-corrected chi connectivity index (χ1v) is 7.27. The Kier molecular flexibility index (Phi) is 3.91. The molecule has 0 unspecified atom stereocenters. The molecule has 2 aromatic rings. The average Bonchev–Trinajstić information content (AvgIpc) is 2.47. The van der Waals surface area contributed by atoms with E-state index < -0.39 is 16.0 Å². The number of aromatic carboxylic acids is 1. The SMILES string of the molecule is N#Cc1ccc(NS(=O)(=O)c2ccccc2C(=O)O)cc1. The van der Waals surface area contributed by atoms with E-state index in [-0.39, 0.29) is 16.1 Å². The molecule has 106 valence electrons. The van der Waals surface area contributed by atoms with Gasteiger partial charge in [0.2, 0.25) is 0 Å². The van der Waals surface area contributed by atoms with Crippen LogP contribution in [0, 0.1) is 11.3 Å². The molecule has 0 atom stereocenters. The topological polar surface area (TPSA) is 107 Å². The van der Waals surface area contributed by atoms with Gasteiger partial charge in [-0.25, -0.2) is 13.2 Å². The molecule has 7 heteroatoms. The highest BCUT2D eigenvalue weighted by molar-refractivity contribution is 7.92. The van der Waals surface area contributed by atoms with Gasteiger partial charge in [-0.1, -0.05) is 12.1 Å². The van der Waals surface area contributed by atoms with Crippen molar-refractivity contribution >= 4 is 21.7 Å². The Morgan fingerprint density at radius 3 is 2.29 bits per heavy atom. The average molecular weight is 302 g/mol. The Balaban J connectivity index is 2.39. The van der Waals surface area contributed by atoms with Gasteiger partial charge in [0.05, 0.1) is 17.2 Å². The van der Waals surface area contributed by atoms with Crippen LogP contribution in [0.1, 0.15) is 15.9 Å². The van der Waals surface area contributed by atoms with Gasteiger partial charge in [-0.3, -0.25) is 4.72 Å². The molecule has 0 radical (unpaired) electrons. The number of benzene rings is 2. The van der Waals surface area contributed by atoms with Gasteiger partial charge in [0.1, 0.15) is 4.90 Å². The molecule has 0 fully saturated rings. The van der Waals surface area contributed by atoms with E-state index in [1.165, 1.54) is 48.5 Å². The molecule has 21 heavy (non-hydrogen) atoms. The highest BCUT2D eigenvalue weighted by Gasteiger charge is 2.21. The minimum atomic E-state index is -4.02. The summed E-state index contributed by atoms with van der Waals surface area (Å²) in [6.07, 6.45) is 0. The van der Waals surface area contributed by atoms with Crippen molar-refractivity contribution < 1.29 is 18.3 Å². The van der Waals surface area contributed by atoms with Crippen LogP contribution in [0.5, 0.6) is 0 Å². The number of rotatable bonds is 4. The Bertz CT molecular complexity index is 821. The zero-order chi connectivity index (χ0) is 15.5. The number of hydrogen-bond acceptors (Lipinski definition) is 4. The molecule has 0 saturated carbocycles. The molecule has 2 rings (SSSR count). The summed E-state index contributed by atoms with van der Waals surface area (Å²) in [6.45, 7) is 0. The smallest absolute Gasteiger partial charge is 0.337 e. The lowest BCUT2D eigenvalue weighted by Gasteiger charge is -2.10. The van der Waals surface area contributed by atoms with Crippen molar-refractivity contribution in [3.05, 3.63) is 59.7 Å². The fourth-order valence-electron chi connectivity index (χ4n) is 1.70. The second-order valence-corrected chi connectivity index (χ2v) is 5.75. The number of carboxylic acid groups (broad SMARTS) is 1. The van der Waals surface area contributed by atoms with Crippen molar-refractivity contribution in [2.24, 2.45) is 0 Å². The van der Waals surface area contributed by atoms with E-state index in [1.807, 2.05) is 6.07 Å². The van der Waals surface area contributed by atoms with Crippen molar-refractivity contribution in [3.63, 3.8) is 0 Å². The molecule has 0 spiro atoms. The number of anilines is 1. The van der Waals surface area contributed by atoms with Gasteiger partial charge >= 0.3 is 5.97 Å². The molecule has 0 heterocycles. The lowest BCUT2D eigenvalue weighted by Crippen LogP contribution is -2.16. The number of nitrogens with one attached hydrogen (secondary N) is 1. The minimum absolute atomic E-state index is 0.245. The molecule has 0 bridgehead atoms. The predicted octanol–water partition coefficient (Wildman–Crippen LogP) is 2.06. The second-order valence-electron chi connectivity index (χ2n) is 4.10. The van der Waals surface area contributed by atoms with Gasteiger partial charge in [-0.15, -0.1) is 0 Å². The normalized spacial score (nSPS) is 10.6. The molecule has 0 saturated heterocycles. The molecule has 0 amide bonds. The lowest BCUT2D eigenvalue weighted by atomic mass is 10.2. The van der Waals surface area contributed by atoms with E-state index in [4.69, 9.17) is 10.4 Å². The maximum Gasteiger partial charge on any atom is 0.337 e. The minimum Gasteiger partial charge on any atom is -0.478 e. The van der Waals surface area contributed by atoms with Crippen LogP contribution in [0.3, 0.4) is 0 Å². The number of nitriles is 1. The van der Waals surface area contributed by atoms with Crippen molar-refractivity contribution in [3.8, 4) is 6.07 Å². The van der Waals surface area contributed by atoms with E-state index in [0.29, 0.717) is 5.56 Å². The third-order valence-electron chi connectivity index (χ3n) is 2.67. The Morgan fingerprint density at radius 2 is 1.71 bits per heavy atom. The van der Waals surface area contributed by atoms with Crippen molar-refractivity contribution in [2.45, 2.75) is 4.90 Å². The zero-order valence-corrected chi connectivity index (χ0v) is 11.5. The zero-order valence-electron chi connectivity index (χ0n) is 10.6. The number of nitrogens with zero attached hydrogens (tertiary/aromatic N) is 1. The maximum absolute atomic E-state index is 12.2. The summed E-state index contributed by atoms with van der Waals surface area (Å²) < 4.78 is 26.8. The molecular formula is C14H10N2O4S. The lowest BCUT2D eigenvalue weighted by molar-refractivity contribution is 0.0692. The van der Waals surface area contributed by atoms with Crippen LogP contribution in [0.2, 0.25) is 0 Å². The Labute approximate surface area is 121 Å². The first-order chi connectivity index (χ1) is 9.94. The molecule has 2 aromatic carbocycles. The fourth-order valence-corrected chi connectivity index (χ4v) is 2.96. The molecule has 0 aliphatic rings. The Morgan fingerprint density at radius 1 is 1.10 bits per heavy atom. The van der Waals surface area contributed by atoms with Crippen LogP contribution < -0.4 is 4.72 Å². The highest BCUT2D eigenvalue weighted by Crippen LogP contribution is 2.20. The Hall–Kier alpha value is -2.85. The van der Waals surface area contributed by atoms with Gasteiger partial charge in [0, 0.05) is 5.69 Å². The van der Waals surface area contributed by atoms with Gasteiger partial charge in [0.25, 0.3) is 10.0 Å². The van der Waals surface area contributed by atoms with Crippen LogP contribution in [-0.4, -0.2) is 19.5 Å². The number of sulfonamides is 1. The summed E-state index contributed by atoms with van der Waals surface area (Å²) in [4.78, 5) is 10.8. The monoisotopic (exact) mass is 302 g/mol. The predicted molar refractivity (Wildman–Crippen MR) is 75.4 cm³/mol. The van der Waals surface area contributed by atoms with Gasteiger partial charge in [-0.2, -0.15) is 5.26 Å². The van der Waals surface area contributed by atoms with Crippen LogP contribution in [0.4, 0.5) is 5.69 Å². The van der Waals surface area contributed by atoms with Crippen molar-refractivity contribution in [1.29, 1.82) is 5.26 Å². The van der Waals surface area contributed by atoms with Crippen molar-refractivity contribution in [2.75, 3.05) is 4.72 Å². The third kappa shape index (κ3) is 3.19.